The van der Waals surface area contributed by atoms with Gasteiger partial charge in [0.25, 0.3) is 0 Å². The second-order valence-corrected chi connectivity index (χ2v) is 5.56. The van der Waals surface area contributed by atoms with Crippen molar-refractivity contribution in [3.63, 3.8) is 0 Å². The molecule has 0 radical (unpaired) electrons. The van der Waals surface area contributed by atoms with Gasteiger partial charge in [-0.25, -0.2) is 9.37 Å². The summed E-state index contributed by atoms with van der Waals surface area (Å²) in [5, 5.41) is 10.2. The van der Waals surface area contributed by atoms with E-state index in [1.54, 1.807) is 30.1 Å². The van der Waals surface area contributed by atoms with E-state index in [9.17, 15) is 9.50 Å². The van der Waals surface area contributed by atoms with Crippen molar-refractivity contribution in [2.75, 3.05) is 0 Å². The van der Waals surface area contributed by atoms with Crippen LogP contribution in [0.4, 0.5) is 4.39 Å². The Labute approximate surface area is 122 Å². The molecule has 1 N–H and O–H groups in total. The van der Waals surface area contributed by atoms with Crippen molar-refractivity contribution in [1.29, 1.82) is 0 Å². The third-order valence-electron chi connectivity index (χ3n) is 3.06. The lowest BCUT2D eigenvalue weighted by molar-refractivity contribution is 0.268. The summed E-state index contributed by atoms with van der Waals surface area (Å²) in [7, 11) is 0. The van der Waals surface area contributed by atoms with E-state index in [1.807, 2.05) is 10.6 Å². The highest BCUT2D eigenvalue weighted by molar-refractivity contribution is 7.98. The molecule has 3 nitrogen and oxygen atoms in total. The third kappa shape index (κ3) is 3.84. The van der Waals surface area contributed by atoms with Gasteiger partial charge in [-0.2, -0.15) is 0 Å². The summed E-state index contributed by atoms with van der Waals surface area (Å²) < 4.78 is 15.2. The molecular weight excluding hydrogens is 275 g/mol. The Morgan fingerprint density at radius 1 is 1.40 bits per heavy atom. The highest BCUT2D eigenvalue weighted by atomic mass is 32.2. The van der Waals surface area contributed by atoms with Gasteiger partial charge in [0.1, 0.15) is 5.82 Å². The maximum atomic E-state index is 13.1. The molecule has 0 saturated carbocycles. The lowest BCUT2D eigenvalue weighted by Gasteiger charge is -2.10. The second-order valence-electron chi connectivity index (χ2n) is 4.61. The van der Waals surface area contributed by atoms with Gasteiger partial charge in [0.05, 0.1) is 18.5 Å². The summed E-state index contributed by atoms with van der Waals surface area (Å²) in [5.41, 5.74) is 1.77. The quantitative estimate of drug-likeness (QED) is 0.793. The smallest absolute Gasteiger partial charge is 0.168 e. The van der Waals surface area contributed by atoms with E-state index in [0.717, 1.165) is 35.8 Å². The van der Waals surface area contributed by atoms with Crippen LogP contribution < -0.4 is 0 Å². The van der Waals surface area contributed by atoms with Crippen LogP contribution in [0, 0.1) is 5.82 Å². The van der Waals surface area contributed by atoms with Crippen LogP contribution >= 0.6 is 11.8 Å². The molecule has 0 atom stereocenters. The van der Waals surface area contributed by atoms with E-state index in [0.29, 0.717) is 5.75 Å². The highest BCUT2D eigenvalue weighted by Crippen LogP contribution is 2.24. The van der Waals surface area contributed by atoms with Gasteiger partial charge in [0, 0.05) is 12.3 Å². The van der Waals surface area contributed by atoms with E-state index in [-0.39, 0.29) is 12.4 Å². The van der Waals surface area contributed by atoms with Gasteiger partial charge in [-0.3, -0.25) is 0 Å². The minimum Gasteiger partial charge on any atom is -0.390 e. The van der Waals surface area contributed by atoms with Gasteiger partial charge in [0.15, 0.2) is 5.16 Å². The molecule has 0 spiro atoms. The Hall–Kier alpha value is -1.33. The number of rotatable bonds is 7. The third-order valence-corrected chi connectivity index (χ3v) is 4.12. The summed E-state index contributed by atoms with van der Waals surface area (Å²) in [6.45, 7) is 2.99. The van der Waals surface area contributed by atoms with E-state index in [2.05, 4.69) is 11.9 Å². The Morgan fingerprint density at radius 3 is 2.95 bits per heavy atom. The van der Waals surface area contributed by atoms with E-state index in [4.69, 9.17) is 0 Å². The van der Waals surface area contributed by atoms with Crippen molar-refractivity contribution in [1.82, 2.24) is 9.55 Å². The Bertz CT molecular complexity index is 557. The molecule has 20 heavy (non-hydrogen) atoms. The van der Waals surface area contributed by atoms with Crippen LogP contribution in [0.15, 0.2) is 35.6 Å². The molecule has 5 heteroatoms. The molecule has 0 aliphatic heterocycles. The Balaban J connectivity index is 2.06. The molecule has 0 unspecified atom stereocenters. The van der Waals surface area contributed by atoms with Crippen molar-refractivity contribution in [3.8, 4) is 0 Å². The zero-order valence-electron chi connectivity index (χ0n) is 11.6. The standard InChI is InChI=1S/C15H19FN2OS/c1-2-3-7-18-14(10-19)9-17-15(18)20-11-12-5-4-6-13(16)8-12/h4-6,8-9,19H,2-3,7,10-11H2,1H3. The zero-order chi connectivity index (χ0) is 14.4. The first kappa shape index (κ1) is 15.1. The van der Waals surface area contributed by atoms with Crippen molar-refractivity contribution >= 4 is 11.8 Å². The van der Waals surface area contributed by atoms with Crippen molar-refractivity contribution in [3.05, 3.63) is 47.5 Å². The molecule has 0 aliphatic carbocycles. The maximum Gasteiger partial charge on any atom is 0.168 e. The monoisotopic (exact) mass is 294 g/mol. The number of benzene rings is 1. The van der Waals surface area contributed by atoms with E-state index < -0.39 is 0 Å². The lowest BCUT2D eigenvalue weighted by Crippen LogP contribution is -2.04. The minimum absolute atomic E-state index is 0.00274. The summed E-state index contributed by atoms with van der Waals surface area (Å²) in [6, 6.07) is 6.61. The van der Waals surface area contributed by atoms with Gasteiger partial charge < -0.3 is 9.67 Å². The maximum absolute atomic E-state index is 13.1. The SMILES string of the molecule is CCCCn1c(CO)cnc1SCc1cccc(F)c1. The predicted octanol–water partition coefficient (Wildman–Crippen LogP) is 3.61. The van der Waals surface area contributed by atoms with Crippen LogP contribution in [-0.4, -0.2) is 14.7 Å². The largest absolute Gasteiger partial charge is 0.390 e. The first-order valence-corrected chi connectivity index (χ1v) is 7.75. The molecule has 108 valence electrons. The summed E-state index contributed by atoms with van der Waals surface area (Å²) in [6.07, 6.45) is 3.86. The van der Waals surface area contributed by atoms with Crippen molar-refractivity contribution in [2.45, 2.75) is 43.8 Å². The van der Waals surface area contributed by atoms with Gasteiger partial charge in [0.2, 0.25) is 0 Å². The van der Waals surface area contributed by atoms with Gasteiger partial charge in [-0.15, -0.1) is 0 Å². The topological polar surface area (TPSA) is 38.0 Å². The average molecular weight is 294 g/mol. The zero-order valence-corrected chi connectivity index (χ0v) is 12.4. The lowest BCUT2D eigenvalue weighted by atomic mass is 10.2. The first-order chi connectivity index (χ1) is 9.74. The first-order valence-electron chi connectivity index (χ1n) is 6.77. The predicted molar refractivity (Wildman–Crippen MR) is 79.0 cm³/mol. The fourth-order valence-electron chi connectivity index (χ4n) is 1.96. The fraction of sp³-hybridized carbons (Fsp3) is 0.400. The molecule has 1 aromatic carbocycles. The van der Waals surface area contributed by atoms with Crippen LogP contribution in [0.25, 0.3) is 0 Å². The molecule has 0 amide bonds. The minimum atomic E-state index is -0.214. The highest BCUT2D eigenvalue weighted by Gasteiger charge is 2.09. The fourth-order valence-corrected chi connectivity index (χ4v) is 2.93. The summed E-state index contributed by atoms with van der Waals surface area (Å²) in [4.78, 5) is 4.35. The van der Waals surface area contributed by atoms with Crippen LogP contribution in [0.3, 0.4) is 0 Å². The molecule has 0 saturated heterocycles. The van der Waals surface area contributed by atoms with Crippen LogP contribution in [0.1, 0.15) is 31.0 Å². The number of aromatic nitrogens is 2. The van der Waals surface area contributed by atoms with Crippen LogP contribution in [-0.2, 0) is 18.9 Å². The number of thioether (sulfide) groups is 1. The number of nitrogens with zero attached hydrogens (tertiary/aromatic N) is 2. The molecular formula is C15H19FN2OS. The van der Waals surface area contributed by atoms with Gasteiger partial charge >= 0.3 is 0 Å². The van der Waals surface area contributed by atoms with Crippen molar-refractivity contribution in [2.24, 2.45) is 0 Å². The number of aliphatic hydroxyl groups is 1. The Morgan fingerprint density at radius 2 is 2.25 bits per heavy atom. The summed E-state index contributed by atoms with van der Waals surface area (Å²) in [5.74, 6) is 0.458. The molecule has 0 bridgehead atoms. The van der Waals surface area contributed by atoms with Crippen molar-refractivity contribution < 1.29 is 9.50 Å². The number of aliphatic hydroxyl groups excluding tert-OH is 1. The van der Waals surface area contributed by atoms with Crippen LogP contribution in [0.5, 0.6) is 0 Å². The number of halogens is 1. The summed E-state index contributed by atoms with van der Waals surface area (Å²) >= 11 is 1.57. The van der Waals surface area contributed by atoms with E-state index in [1.165, 1.54) is 6.07 Å². The molecule has 1 aromatic heterocycles. The average Bonchev–Trinajstić information content (AvgIpc) is 2.85. The molecule has 2 aromatic rings. The van der Waals surface area contributed by atoms with E-state index >= 15 is 0 Å². The molecule has 1 heterocycles. The number of unbranched alkanes of at least 4 members (excludes halogenated alkanes) is 1. The Kier molecular flexibility index (Phi) is 5.61. The second kappa shape index (κ2) is 7.45. The van der Waals surface area contributed by atoms with Gasteiger partial charge in [-0.1, -0.05) is 37.2 Å². The molecule has 2 rings (SSSR count). The van der Waals surface area contributed by atoms with Gasteiger partial charge in [-0.05, 0) is 24.1 Å². The molecule has 0 aliphatic rings. The molecule has 0 fully saturated rings. The number of hydrogen-bond donors (Lipinski definition) is 1. The van der Waals surface area contributed by atoms with Crippen LogP contribution in [0.2, 0.25) is 0 Å². The normalized spacial score (nSPS) is 10.9. The number of imidazole rings is 1. The number of hydrogen-bond acceptors (Lipinski definition) is 3.